The number of aromatic nitrogens is 2. The Labute approximate surface area is 86.4 Å². The summed E-state index contributed by atoms with van der Waals surface area (Å²) in [5.41, 5.74) is 1.65. The van der Waals surface area contributed by atoms with Crippen LogP contribution in [0.15, 0.2) is 18.2 Å². The number of rotatable bonds is 1. The number of nitrogens with zero attached hydrogens (tertiary/aromatic N) is 2. The molecule has 1 aromatic carbocycles. The summed E-state index contributed by atoms with van der Waals surface area (Å²) in [7, 11) is 0. The number of fused-ring (bicyclic) bond motifs is 1. The van der Waals surface area contributed by atoms with Crippen LogP contribution in [0.5, 0.6) is 0 Å². The van der Waals surface area contributed by atoms with Crippen LogP contribution in [-0.4, -0.2) is 15.1 Å². The van der Waals surface area contributed by atoms with Gasteiger partial charge < -0.3 is 5.11 Å². The standard InChI is InChI=1S/C10H9ClN2O/c1-6-8-4-7(11)2-3-9(8)13-10(5-14)12-6/h2-4,14H,5H2,1H3. The molecule has 0 atom stereocenters. The molecule has 0 saturated heterocycles. The van der Waals surface area contributed by atoms with Gasteiger partial charge in [0.2, 0.25) is 0 Å². The molecule has 0 saturated carbocycles. The highest BCUT2D eigenvalue weighted by Crippen LogP contribution is 2.19. The quantitative estimate of drug-likeness (QED) is 0.781. The molecule has 2 aromatic rings. The number of hydrogen-bond donors (Lipinski definition) is 1. The van der Waals surface area contributed by atoms with Crippen LogP contribution in [0.3, 0.4) is 0 Å². The molecule has 0 amide bonds. The fraction of sp³-hybridized carbons (Fsp3) is 0.200. The van der Waals surface area contributed by atoms with E-state index in [9.17, 15) is 0 Å². The van der Waals surface area contributed by atoms with Gasteiger partial charge in [0.05, 0.1) is 5.52 Å². The zero-order valence-corrected chi connectivity index (χ0v) is 8.41. The maximum Gasteiger partial charge on any atom is 0.154 e. The van der Waals surface area contributed by atoms with E-state index in [2.05, 4.69) is 9.97 Å². The Morgan fingerprint density at radius 1 is 1.36 bits per heavy atom. The minimum atomic E-state index is -0.139. The number of aliphatic hydroxyl groups is 1. The van der Waals surface area contributed by atoms with Gasteiger partial charge in [-0.1, -0.05) is 11.6 Å². The topological polar surface area (TPSA) is 46.0 Å². The molecule has 1 N–H and O–H groups in total. The minimum absolute atomic E-state index is 0.139. The van der Waals surface area contributed by atoms with Crippen LogP contribution < -0.4 is 0 Å². The van der Waals surface area contributed by atoms with E-state index in [4.69, 9.17) is 16.7 Å². The summed E-state index contributed by atoms with van der Waals surface area (Å²) in [6.07, 6.45) is 0. The molecule has 3 nitrogen and oxygen atoms in total. The molecule has 0 unspecified atom stereocenters. The summed E-state index contributed by atoms with van der Waals surface area (Å²) >= 11 is 5.86. The van der Waals surface area contributed by atoms with Crippen molar-refractivity contribution in [3.8, 4) is 0 Å². The van der Waals surface area contributed by atoms with Gasteiger partial charge in [0.1, 0.15) is 6.61 Å². The lowest BCUT2D eigenvalue weighted by Crippen LogP contribution is -1.97. The van der Waals surface area contributed by atoms with E-state index in [0.717, 1.165) is 16.6 Å². The van der Waals surface area contributed by atoms with Gasteiger partial charge in [-0.3, -0.25) is 0 Å². The van der Waals surface area contributed by atoms with E-state index >= 15 is 0 Å². The normalized spacial score (nSPS) is 10.8. The molecular formula is C10H9ClN2O. The monoisotopic (exact) mass is 208 g/mol. The fourth-order valence-corrected chi connectivity index (χ4v) is 1.56. The van der Waals surface area contributed by atoms with Crippen molar-refractivity contribution >= 4 is 22.5 Å². The zero-order chi connectivity index (χ0) is 10.1. The second kappa shape index (κ2) is 3.52. The summed E-state index contributed by atoms with van der Waals surface area (Å²) in [4.78, 5) is 8.32. The van der Waals surface area contributed by atoms with Gasteiger partial charge in [-0.15, -0.1) is 0 Å². The maximum atomic E-state index is 8.93. The van der Waals surface area contributed by atoms with Crippen molar-refractivity contribution in [3.63, 3.8) is 0 Å². The zero-order valence-electron chi connectivity index (χ0n) is 7.66. The van der Waals surface area contributed by atoms with Crippen molar-refractivity contribution in [1.29, 1.82) is 0 Å². The third kappa shape index (κ3) is 1.56. The lowest BCUT2D eigenvalue weighted by Gasteiger charge is -2.03. The molecule has 2 rings (SSSR count). The Bertz CT molecular complexity index is 485. The first-order valence-corrected chi connectivity index (χ1v) is 4.62. The van der Waals surface area contributed by atoms with Crippen LogP contribution in [0.25, 0.3) is 10.9 Å². The molecule has 0 radical (unpaired) electrons. The Balaban J connectivity index is 2.76. The summed E-state index contributed by atoms with van der Waals surface area (Å²) in [6.45, 7) is 1.74. The average Bonchev–Trinajstić information content (AvgIpc) is 2.19. The van der Waals surface area contributed by atoms with Gasteiger partial charge in [0, 0.05) is 16.1 Å². The number of aliphatic hydroxyl groups excluding tert-OH is 1. The summed E-state index contributed by atoms with van der Waals surface area (Å²) in [5.74, 6) is 0.442. The van der Waals surface area contributed by atoms with E-state index in [-0.39, 0.29) is 6.61 Å². The highest BCUT2D eigenvalue weighted by Gasteiger charge is 2.03. The van der Waals surface area contributed by atoms with Crippen LogP contribution >= 0.6 is 11.6 Å². The second-order valence-electron chi connectivity index (χ2n) is 3.04. The molecular weight excluding hydrogens is 200 g/mol. The van der Waals surface area contributed by atoms with Crippen LogP contribution in [-0.2, 0) is 6.61 Å². The SMILES string of the molecule is Cc1nc(CO)nc2ccc(Cl)cc12. The highest BCUT2D eigenvalue weighted by molar-refractivity contribution is 6.31. The van der Waals surface area contributed by atoms with Crippen molar-refractivity contribution in [2.75, 3.05) is 0 Å². The van der Waals surface area contributed by atoms with Crippen molar-refractivity contribution < 1.29 is 5.11 Å². The van der Waals surface area contributed by atoms with Crippen molar-refractivity contribution in [3.05, 3.63) is 34.7 Å². The molecule has 0 aliphatic heterocycles. The molecule has 14 heavy (non-hydrogen) atoms. The Hall–Kier alpha value is -1.19. The fourth-order valence-electron chi connectivity index (χ4n) is 1.38. The smallest absolute Gasteiger partial charge is 0.154 e. The first-order chi connectivity index (χ1) is 6.70. The van der Waals surface area contributed by atoms with Gasteiger partial charge in [0.15, 0.2) is 5.82 Å². The molecule has 0 spiro atoms. The van der Waals surface area contributed by atoms with E-state index in [1.807, 2.05) is 19.1 Å². The highest BCUT2D eigenvalue weighted by atomic mass is 35.5. The van der Waals surface area contributed by atoms with Gasteiger partial charge >= 0.3 is 0 Å². The first kappa shape index (κ1) is 9.37. The van der Waals surface area contributed by atoms with E-state index in [1.54, 1.807) is 6.07 Å². The molecule has 4 heteroatoms. The average molecular weight is 209 g/mol. The summed E-state index contributed by atoms with van der Waals surface area (Å²) in [5, 5.41) is 10.5. The van der Waals surface area contributed by atoms with Gasteiger partial charge in [-0.05, 0) is 25.1 Å². The third-order valence-corrected chi connectivity index (χ3v) is 2.27. The Morgan fingerprint density at radius 2 is 2.14 bits per heavy atom. The van der Waals surface area contributed by atoms with Crippen LogP contribution in [0, 0.1) is 6.92 Å². The summed E-state index contributed by atoms with van der Waals surface area (Å²) in [6, 6.07) is 5.43. The number of hydrogen-bond acceptors (Lipinski definition) is 3. The lowest BCUT2D eigenvalue weighted by molar-refractivity contribution is 0.271. The van der Waals surface area contributed by atoms with E-state index in [1.165, 1.54) is 0 Å². The van der Waals surface area contributed by atoms with Gasteiger partial charge in [-0.25, -0.2) is 9.97 Å². The lowest BCUT2D eigenvalue weighted by atomic mass is 10.2. The van der Waals surface area contributed by atoms with E-state index < -0.39 is 0 Å². The predicted octanol–water partition coefficient (Wildman–Crippen LogP) is 2.08. The molecule has 0 bridgehead atoms. The molecule has 0 aliphatic carbocycles. The van der Waals surface area contributed by atoms with Crippen LogP contribution in [0.1, 0.15) is 11.5 Å². The first-order valence-electron chi connectivity index (χ1n) is 4.24. The van der Waals surface area contributed by atoms with Gasteiger partial charge in [-0.2, -0.15) is 0 Å². The van der Waals surface area contributed by atoms with Crippen LogP contribution in [0.4, 0.5) is 0 Å². The van der Waals surface area contributed by atoms with Crippen molar-refractivity contribution in [1.82, 2.24) is 9.97 Å². The molecule has 1 aromatic heterocycles. The minimum Gasteiger partial charge on any atom is -0.388 e. The van der Waals surface area contributed by atoms with Crippen molar-refractivity contribution in [2.24, 2.45) is 0 Å². The number of aryl methyl sites for hydroxylation is 1. The third-order valence-electron chi connectivity index (χ3n) is 2.04. The molecule has 0 aliphatic rings. The number of benzene rings is 1. The Kier molecular flexibility index (Phi) is 2.35. The maximum absolute atomic E-state index is 8.93. The number of halogens is 1. The van der Waals surface area contributed by atoms with Crippen molar-refractivity contribution in [2.45, 2.75) is 13.5 Å². The molecule has 1 heterocycles. The van der Waals surface area contributed by atoms with Crippen LogP contribution in [0.2, 0.25) is 5.02 Å². The Morgan fingerprint density at radius 3 is 2.86 bits per heavy atom. The predicted molar refractivity (Wildman–Crippen MR) is 55.2 cm³/mol. The molecule has 0 fully saturated rings. The summed E-state index contributed by atoms with van der Waals surface area (Å²) < 4.78 is 0. The largest absolute Gasteiger partial charge is 0.388 e. The van der Waals surface area contributed by atoms with Gasteiger partial charge in [0.25, 0.3) is 0 Å². The van der Waals surface area contributed by atoms with E-state index in [0.29, 0.717) is 10.8 Å². The molecule has 72 valence electrons. The second-order valence-corrected chi connectivity index (χ2v) is 3.48.